The third-order valence-electron chi connectivity index (χ3n) is 3.12. The Balaban J connectivity index is 2.27. The summed E-state index contributed by atoms with van der Waals surface area (Å²) in [5.41, 5.74) is 5.80. The maximum Gasteiger partial charge on any atom is 0.188 e. The average molecular weight is 281 g/mol. The van der Waals surface area contributed by atoms with Crippen molar-refractivity contribution < 1.29 is 9.52 Å². The predicted octanol–water partition coefficient (Wildman–Crippen LogP) is 2.43. The molecule has 0 fully saturated rings. The topological polar surface area (TPSA) is 83.8 Å². The molecular formula is C15H27N3O2. The van der Waals surface area contributed by atoms with E-state index < -0.39 is 6.10 Å². The second-order valence-electron chi connectivity index (χ2n) is 5.63. The van der Waals surface area contributed by atoms with Crippen molar-refractivity contribution in [3.8, 4) is 0 Å². The van der Waals surface area contributed by atoms with E-state index in [0.29, 0.717) is 17.8 Å². The number of aliphatic hydroxyl groups excluding tert-OH is 1. The van der Waals surface area contributed by atoms with E-state index >= 15 is 0 Å². The van der Waals surface area contributed by atoms with Crippen LogP contribution in [0.5, 0.6) is 0 Å². The van der Waals surface area contributed by atoms with Crippen molar-refractivity contribution in [3.05, 3.63) is 24.2 Å². The standard InChI is InChI=1S/C15H27N3O2/c1-11(2)6-4-7-12(3)18-15(16)17-10-13(19)14-8-5-9-20-14/h5,8-9,11-13,19H,4,6-7,10H2,1-3H3,(H3,16,17,18). The fraction of sp³-hybridized carbons (Fsp3) is 0.667. The highest BCUT2D eigenvalue weighted by atomic mass is 16.4. The second-order valence-corrected chi connectivity index (χ2v) is 5.63. The molecule has 0 aliphatic carbocycles. The van der Waals surface area contributed by atoms with Crippen molar-refractivity contribution in [3.63, 3.8) is 0 Å². The predicted molar refractivity (Wildman–Crippen MR) is 81.4 cm³/mol. The van der Waals surface area contributed by atoms with Gasteiger partial charge in [0, 0.05) is 6.04 Å². The number of nitrogens with zero attached hydrogens (tertiary/aromatic N) is 1. The van der Waals surface area contributed by atoms with Gasteiger partial charge in [0.15, 0.2) is 5.96 Å². The molecule has 0 spiro atoms. The molecule has 0 aliphatic heterocycles. The molecule has 0 radical (unpaired) electrons. The number of aliphatic hydroxyl groups is 1. The van der Waals surface area contributed by atoms with Crippen LogP contribution in [-0.2, 0) is 0 Å². The van der Waals surface area contributed by atoms with Crippen molar-refractivity contribution >= 4 is 5.96 Å². The summed E-state index contributed by atoms with van der Waals surface area (Å²) in [5, 5.41) is 13.0. The Hall–Kier alpha value is -1.49. The first-order valence-electron chi connectivity index (χ1n) is 7.27. The molecule has 0 aromatic carbocycles. The normalized spacial score (nSPS) is 15.3. The van der Waals surface area contributed by atoms with Crippen LogP contribution in [0.4, 0.5) is 0 Å². The Morgan fingerprint density at radius 2 is 2.15 bits per heavy atom. The van der Waals surface area contributed by atoms with Gasteiger partial charge in [-0.3, -0.25) is 4.99 Å². The molecule has 2 unspecified atom stereocenters. The lowest BCUT2D eigenvalue weighted by molar-refractivity contribution is 0.158. The van der Waals surface area contributed by atoms with Crippen molar-refractivity contribution in [2.45, 2.75) is 52.2 Å². The first-order valence-corrected chi connectivity index (χ1v) is 7.27. The zero-order chi connectivity index (χ0) is 15.0. The lowest BCUT2D eigenvalue weighted by Gasteiger charge is -2.15. The van der Waals surface area contributed by atoms with Gasteiger partial charge in [-0.15, -0.1) is 0 Å². The summed E-state index contributed by atoms with van der Waals surface area (Å²) in [6, 6.07) is 3.75. The molecule has 1 rings (SSSR count). The van der Waals surface area contributed by atoms with E-state index in [1.54, 1.807) is 12.1 Å². The van der Waals surface area contributed by atoms with E-state index in [-0.39, 0.29) is 6.54 Å². The number of aliphatic imine (C=N–C) groups is 1. The van der Waals surface area contributed by atoms with Crippen LogP contribution in [0.25, 0.3) is 0 Å². The van der Waals surface area contributed by atoms with Crippen LogP contribution >= 0.6 is 0 Å². The van der Waals surface area contributed by atoms with Gasteiger partial charge in [-0.25, -0.2) is 0 Å². The molecular weight excluding hydrogens is 254 g/mol. The maximum atomic E-state index is 9.81. The molecule has 20 heavy (non-hydrogen) atoms. The number of guanidine groups is 1. The molecule has 5 nitrogen and oxygen atoms in total. The largest absolute Gasteiger partial charge is 0.467 e. The van der Waals surface area contributed by atoms with E-state index in [4.69, 9.17) is 10.2 Å². The van der Waals surface area contributed by atoms with Gasteiger partial charge in [0.25, 0.3) is 0 Å². The van der Waals surface area contributed by atoms with Gasteiger partial charge >= 0.3 is 0 Å². The summed E-state index contributed by atoms with van der Waals surface area (Å²) in [5.74, 6) is 1.61. The summed E-state index contributed by atoms with van der Waals surface area (Å²) < 4.78 is 5.10. The Morgan fingerprint density at radius 3 is 2.75 bits per heavy atom. The highest BCUT2D eigenvalue weighted by molar-refractivity contribution is 5.78. The van der Waals surface area contributed by atoms with Crippen molar-refractivity contribution in [2.24, 2.45) is 16.6 Å². The summed E-state index contributed by atoms with van der Waals surface area (Å²) in [6.07, 6.45) is 4.24. The number of rotatable bonds is 8. The molecule has 0 aliphatic rings. The van der Waals surface area contributed by atoms with Crippen LogP contribution in [0, 0.1) is 5.92 Å². The summed E-state index contributed by atoms with van der Waals surface area (Å²) in [4.78, 5) is 4.14. The van der Waals surface area contributed by atoms with Crippen LogP contribution in [0.1, 0.15) is 51.9 Å². The molecule has 0 saturated carbocycles. The number of hydrogen-bond donors (Lipinski definition) is 3. The lowest BCUT2D eigenvalue weighted by atomic mass is 10.0. The number of hydrogen-bond acceptors (Lipinski definition) is 3. The molecule has 114 valence electrons. The fourth-order valence-corrected chi connectivity index (χ4v) is 1.96. The summed E-state index contributed by atoms with van der Waals surface area (Å²) in [7, 11) is 0. The minimum atomic E-state index is -0.749. The minimum Gasteiger partial charge on any atom is -0.467 e. The van der Waals surface area contributed by atoms with Crippen molar-refractivity contribution in [1.82, 2.24) is 5.32 Å². The smallest absolute Gasteiger partial charge is 0.188 e. The number of nitrogens with one attached hydrogen (secondary N) is 1. The third-order valence-corrected chi connectivity index (χ3v) is 3.12. The Kier molecular flexibility index (Phi) is 7.15. The van der Waals surface area contributed by atoms with Gasteiger partial charge in [-0.05, 0) is 31.4 Å². The van der Waals surface area contributed by atoms with E-state index in [9.17, 15) is 5.11 Å². The van der Waals surface area contributed by atoms with Gasteiger partial charge in [0.1, 0.15) is 11.9 Å². The molecule has 0 saturated heterocycles. The molecule has 1 heterocycles. The monoisotopic (exact) mass is 281 g/mol. The van der Waals surface area contributed by atoms with Crippen LogP contribution in [0.15, 0.2) is 27.8 Å². The second kappa shape index (κ2) is 8.64. The van der Waals surface area contributed by atoms with E-state index in [1.807, 2.05) is 0 Å². The van der Waals surface area contributed by atoms with E-state index in [0.717, 1.165) is 12.3 Å². The molecule has 2 atom stereocenters. The fourth-order valence-electron chi connectivity index (χ4n) is 1.96. The SMILES string of the molecule is CC(C)CCCC(C)NC(N)=NCC(O)c1ccco1. The molecule has 0 amide bonds. The van der Waals surface area contributed by atoms with Crippen LogP contribution in [-0.4, -0.2) is 23.7 Å². The van der Waals surface area contributed by atoms with Gasteiger partial charge in [-0.1, -0.05) is 26.7 Å². The first-order chi connectivity index (χ1) is 9.49. The number of nitrogens with two attached hydrogens (primary N) is 1. The average Bonchev–Trinajstić information content (AvgIpc) is 2.89. The minimum absolute atomic E-state index is 0.199. The molecule has 1 aromatic rings. The summed E-state index contributed by atoms with van der Waals surface area (Å²) >= 11 is 0. The first kappa shape index (κ1) is 16.6. The summed E-state index contributed by atoms with van der Waals surface area (Å²) in [6.45, 7) is 6.74. The lowest BCUT2D eigenvalue weighted by Crippen LogP contribution is -2.38. The van der Waals surface area contributed by atoms with Gasteiger partial charge in [0.05, 0.1) is 12.8 Å². The maximum absolute atomic E-state index is 9.81. The van der Waals surface area contributed by atoms with Gasteiger partial charge < -0.3 is 20.6 Å². The molecule has 0 bridgehead atoms. The van der Waals surface area contributed by atoms with Crippen LogP contribution < -0.4 is 11.1 Å². The Labute approximate surface area is 121 Å². The van der Waals surface area contributed by atoms with Crippen molar-refractivity contribution in [1.29, 1.82) is 0 Å². The quantitative estimate of drug-likeness (QED) is 0.505. The van der Waals surface area contributed by atoms with Gasteiger partial charge in [0.2, 0.25) is 0 Å². The highest BCUT2D eigenvalue weighted by Crippen LogP contribution is 2.13. The van der Waals surface area contributed by atoms with E-state index in [2.05, 4.69) is 31.1 Å². The Bertz CT molecular complexity index is 388. The van der Waals surface area contributed by atoms with Crippen LogP contribution in [0.2, 0.25) is 0 Å². The van der Waals surface area contributed by atoms with Gasteiger partial charge in [-0.2, -0.15) is 0 Å². The molecule has 5 heteroatoms. The van der Waals surface area contributed by atoms with Crippen LogP contribution in [0.3, 0.4) is 0 Å². The van der Waals surface area contributed by atoms with Crippen molar-refractivity contribution in [2.75, 3.05) is 6.54 Å². The number of furan rings is 1. The Morgan fingerprint density at radius 1 is 1.40 bits per heavy atom. The highest BCUT2D eigenvalue weighted by Gasteiger charge is 2.10. The third kappa shape index (κ3) is 6.61. The molecule has 1 aromatic heterocycles. The zero-order valence-corrected chi connectivity index (χ0v) is 12.7. The molecule has 4 N–H and O–H groups in total. The van der Waals surface area contributed by atoms with E-state index in [1.165, 1.54) is 19.1 Å². The zero-order valence-electron chi connectivity index (χ0n) is 12.7.